The molecule has 0 aliphatic carbocycles. The molecule has 14 heavy (non-hydrogen) atoms. The monoisotopic (exact) mass is 214 g/mol. The maximum Gasteiger partial charge on any atom is 0.109 e. The first-order chi connectivity index (χ1) is 6.84. The first-order valence-corrected chi connectivity index (χ1v) is 5.93. The van der Waals surface area contributed by atoms with Crippen molar-refractivity contribution in [2.45, 2.75) is 26.3 Å². The molecule has 1 rings (SSSR count). The number of rotatable bonds is 7. The number of nitrogens with one attached hydrogen (secondary N) is 1. The first kappa shape index (κ1) is 11.6. The Balaban J connectivity index is 2.07. The number of hydrogen-bond donors (Lipinski definition) is 1. The zero-order chi connectivity index (χ0) is 10.2. The summed E-state index contributed by atoms with van der Waals surface area (Å²) in [5.74, 6) is 0. The van der Waals surface area contributed by atoms with Crippen LogP contribution in [0.1, 0.15) is 31.3 Å². The molecule has 1 heterocycles. The number of ether oxygens (including phenoxy) is 1. The lowest BCUT2D eigenvalue weighted by atomic mass is 10.3. The van der Waals surface area contributed by atoms with Gasteiger partial charge in [-0.05, 0) is 13.3 Å². The van der Waals surface area contributed by atoms with Crippen LogP contribution in [0.2, 0.25) is 0 Å². The smallest absolute Gasteiger partial charge is 0.109 e. The molecular weight excluding hydrogens is 196 g/mol. The summed E-state index contributed by atoms with van der Waals surface area (Å²) >= 11 is 1.68. The van der Waals surface area contributed by atoms with Gasteiger partial charge in [0.05, 0.1) is 12.6 Å². The van der Waals surface area contributed by atoms with Gasteiger partial charge < -0.3 is 10.1 Å². The number of aromatic nitrogens is 1. The van der Waals surface area contributed by atoms with Crippen molar-refractivity contribution < 1.29 is 4.74 Å². The first-order valence-electron chi connectivity index (χ1n) is 5.05. The van der Waals surface area contributed by atoms with Gasteiger partial charge in [0.15, 0.2) is 0 Å². The van der Waals surface area contributed by atoms with E-state index in [1.807, 2.05) is 11.6 Å². The molecule has 0 fully saturated rings. The van der Waals surface area contributed by atoms with E-state index in [1.54, 1.807) is 11.3 Å². The fraction of sp³-hybridized carbons (Fsp3) is 0.700. The molecule has 0 saturated carbocycles. The van der Waals surface area contributed by atoms with Gasteiger partial charge in [-0.25, -0.2) is 4.98 Å². The Hall–Kier alpha value is -0.450. The average molecular weight is 214 g/mol. The molecule has 0 amide bonds. The second-order valence-corrected chi connectivity index (χ2v) is 4.08. The largest absolute Gasteiger partial charge is 0.380 e. The molecule has 1 aromatic heterocycles. The maximum absolute atomic E-state index is 5.37. The van der Waals surface area contributed by atoms with E-state index < -0.39 is 0 Å². The fourth-order valence-corrected chi connectivity index (χ4v) is 1.80. The van der Waals surface area contributed by atoms with Crippen molar-refractivity contribution in [2.75, 3.05) is 19.8 Å². The quantitative estimate of drug-likeness (QED) is 0.707. The Kier molecular flexibility index (Phi) is 5.75. The van der Waals surface area contributed by atoms with E-state index >= 15 is 0 Å². The summed E-state index contributed by atoms with van der Waals surface area (Å²) in [5, 5.41) is 6.51. The maximum atomic E-state index is 5.37. The van der Waals surface area contributed by atoms with Crippen LogP contribution in [-0.2, 0) is 4.74 Å². The van der Waals surface area contributed by atoms with Crippen LogP contribution in [0.5, 0.6) is 0 Å². The van der Waals surface area contributed by atoms with Crippen LogP contribution < -0.4 is 5.32 Å². The third kappa shape index (κ3) is 4.17. The molecule has 1 unspecified atom stereocenters. The summed E-state index contributed by atoms with van der Waals surface area (Å²) in [7, 11) is 0. The molecule has 3 nitrogen and oxygen atoms in total. The van der Waals surface area contributed by atoms with Crippen molar-refractivity contribution in [2.24, 2.45) is 0 Å². The van der Waals surface area contributed by atoms with Crippen LogP contribution in [0.25, 0.3) is 0 Å². The van der Waals surface area contributed by atoms with E-state index in [9.17, 15) is 0 Å². The molecule has 0 aliphatic rings. The van der Waals surface area contributed by atoms with E-state index in [0.717, 1.165) is 31.2 Å². The van der Waals surface area contributed by atoms with E-state index in [4.69, 9.17) is 4.74 Å². The lowest BCUT2D eigenvalue weighted by molar-refractivity contribution is 0.135. The number of thiazole rings is 1. The Labute approximate surface area is 89.5 Å². The SMILES string of the molecule is CCCOCCNC(C)c1nccs1. The van der Waals surface area contributed by atoms with E-state index in [2.05, 4.69) is 24.1 Å². The van der Waals surface area contributed by atoms with Crippen molar-refractivity contribution in [3.8, 4) is 0 Å². The zero-order valence-corrected chi connectivity index (χ0v) is 9.64. The van der Waals surface area contributed by atoms with Crippen LogP contribution in [0, 0.1) is 0 Å². The lowest BCUT2D eigenvalue weighted by Gasteiger charge is -2.10. The Morgan fingerprint density at radius 2 is 2.43 bits per heavy atom. The lowest BCUT2D eigenvalue weighted by Crippen LogP contribution is -2.23. The summed E-state index contributed by atoms with van der Waals surface area (Å²) in [6.45, 7) is 6.77. The van der Waals surface area contributed by atoms with Crippen molar-refractivity contribution in [3.63, 3.8) is 0 Å². The van der Waals surface area contributed by atoms with Gasteiger partial charge in [0.25, 0.3) is 0 Å². The molecular formula is C10H18N2OS. The molecule has 0 spiro atoms. The van der Waals surface area contributed by atoms with Gasteiger partial charge in [0, 0.05) is 24.7 Å². The van der Waals surface area contributed by atoms with Crippen molar-refractivity contribution in [3.05, 3.63) is 16.6 Å². The number of nitrogens with zero attached hydrogens (tertiary/aromatic N) is 1. The summed E-state index contributed by atoms with van der Waals surface area (Å²) in [6.07, 6.45) is 2.92. The minimum atomic E-state index is 0.334. The molecule has 1 N–H and O–H groups in total. The molecule has 0 aromatic carbocycles. The summed E-state index contributed by atoms with van der Waals surface area (Å²) < 4.78 is 5.37. The van der Waals surface area contributed by atoms with Crippen LogP contribution in [0.15, 0.2) is 11.6 Å². The molecule has 0 aliphatic heterocycles. The Morgan fingerprint density at radius 1 is 1.57 bits per heavy atom. The minimum Gasteiger partial charge on any atom is -0.380 e. The third-order valence-corrected chi connectivity index (χ3v) is 2.83. The van der Waals surface area contributed by atoms with Gasteiger partial charge in [-0.15, -0.1) is 11.3 Å². The van der Waals surface area contributed by atoms with Crippen molar-refractivity contribution >= 4 is 11.3 Å². The molecule has 80 valence electrons. The zero-order valence-electron chi connectivity index (χ0n) is 8.82. The van der Waals surface area contributed by atoms with Gasteiger partial charge >= 0.3 is 0 Å². The van der Waals surface area contributed by atoms with Gasteiger partial charge in [0.2, 0.25) is 0 Å². The van der Waals surface area contributed by atoms with Gasteiger partial charge in [-0.1, -0.05) is 6.92 Å². The van der Waals surface area contributed by atoms with E-state index in [-0.39, 0.29) is 0 Å². The molecule has 1 aromatic rings. The van der Waals surface area contributed by atoms with Crippen LogP contribution in [0.4, 0.5) is 0 Å². The van der Waals surface area contributed by atoms with E-state index in [0.29, 0.717) is 6.04 Å². The molecule has 0 bridgehead atoms. The topological polar surface area (TPSA) is 34.1 Å². The highest BCUT2D eigenvalue weighted by molar-refractivity contribution is 7.09. The fourth-order valence-electron chi connectivity index (χ4n) is 1.13. The average Bonchev–Trinajstić information content (AvgIpc) is 2.70. The molecule has 4 heteroatoms. The van der Waals surface area contributed by atoms with Crippen LogP contribution >= 0.6 is 11.3 Å². The summed E-state index contributed by atoms with van der Waals surface area (Å²) in [5.41, 5.74) is 0. The highest BCUT2D eigenvalue weighted by Crippen LogP contribution is 2.13. The highest BCUT2D eigenvalue weighted by Gasteiger charge is 2.05. The second kappa shape index (κ2) is 6.92. The van der Waals surface area contributed by atoms with Gasteiger partial charge in [0.1, 0.15) is 5.01 Å². The van der Waals surface area contributed by atoms with Gasteiger partial charge in [-0.3, -0.25) is 0 Å². The van der Waals surface area contributed by atoms with Crippen molar-refractivity contribution in [1.29, 1.82) is 0 Å². The van der Waals surface area contributed by atoms with Crippen molar-refractivity contribution in [1.82, 2.24) is 10.3 Å². The normalized spacial score (nSPS) is 13.0. The summed E-state index contributed by atoms with van der Waals surface area (Å²) in [4.78, 5) is 4.25. The highest BCUT2D eigenvalue weighted by atomic mass is 32.1. The van der Waals surface area contributed by atoms with Crippen LogP contribution in [0.3, 0.4) is 0 Å². The second-order valence-electron chi connectivity index (χ2n) is 3.16. The third-order valence-electron chi connectivity index (χ3n) is 1.87. The predicted molar refractivity (Wildman–Crippen MR) is 59.6 cm³/mol. The molecule has 0 radical (unpaired) electrons. The Morgan fingerprint density at radius 3 is 3.07 bits per heavy atom. The van der Waals surface area contributed by atoms with Crippen LogP contribution in [-0.4, -0.2) is 24.7 Å². The predicted octanol–water partition coefficient (Wildman–Crippen LogP) is 2.22. The van der Waals surface area contributed by atoms with E-state index in [1.165, 1.54) is 0 Å². The Bertz CT molecular complexity index is 226. The molecule has 0 saturated heterocycles. The minimum absolute atomic E-state index is 0.334. The standard InChI is InChI=1S/C10H18N2OS/c1-3-6-13-7-4-11-9(2)10-12-5-8-14-10/h5,8-9,11H,3-4,6-7H2,1-2H3. The summed E-state index contributed by atoms with van der Waals surface area (Å²) in [6, 6.07) is 0.334. The molecule has 1 atom stereocenters. The van der Waals surface area contributed by atoms with Gasteiger partial charge in [-0.2, -0.15) is 0 Å². The number of hydrogen-bond acceptors (Lipinski definition) is 4.